The van der Waals surface area contributed by atoms with Crippen LogP contribution >= 0.6 is 0 Å². The molecule has 1 spiro atoms. The molecular weight excluding hydrogens is 400 g/mol. The van der Waals surface area contributed by atoms with Crippen LogP contribution in [0.15, 0.2) is 24.3 Å². The average molecular weight is 431 g/mol. The number of nitrogens with zero attached hydrogens (tertiary/aromatic N) is 2. The van der Waals surface area contributed by atoms with Gasteiger partial charge in [0, 0.05) is 18.8 Å². The molecule has 31 heavy (non-hydrogen) atoms. The van der Waals surface area contributed by atoms with Gasteiger partial charge in [0.25, 0.3) is 11.8 Å². The molecule has 0 bridgehead atoms. The van der Waals surface area contributed by atoms with Crippen LogP contribution in [0.2, 0.25) is 0 Å². The molecule has 1 aromatic carbocycles. The minimum absolute atomic E-state index is 0.314. The normalized spacial score (nSPS) is 22.9. The first-order valence-corrected chi connectivity index (χ1v) is 10.8. The number of carbonyl (C=O) groups excluding carboxylic acids is 4. The number of benzene rings is 1. The summed E-state index contributed by atoms with van der Waals surface area (Å²) in [7, 11) is 0. The van der Waals surface area contributed by atoms with Gasteiger partial charge in [0.15, 0.2) is 6.61 Å². The van der Waals surface area contributed by atoms with E-state index in [9.17, 15) is 19.2 Å². The second-order valence-corrected chi connectivity index (χ2v) is 8.17. The molecule has 9 nitrogen and oxygen atoms in total. The summed E-state index contributed by atoms with van der Waals surface area (Å²) in [6.07, 6.45) is 2.75. The van der Waals surface area contributed by atoms with Gasteiger partial charge in [-0.05, 0) is 69.7 Å². The van der Waals surface area contributed by atoms with Crippen molar-refractivity contribution in [3.8, 4) is 0 Å². The van der Waals surface area contributed by atoms with Crippen LogP contribution in [0.4, 0.5) is 10.5 Å². The van der Waals surface area contributed by atoms with Gasteiger partial charge in [0.05, 0.1) is 5.56 Å². The highest BCUT2D eigenvalue weighted by Gasteiger charge is 2.52. The number of hydrogen-bond donors (Lipinski definition) is 2. The highest BCUT2D eigenvalue weighted by Crippen LogP contribution is 2.35. The summed E-state index contributed by atoms with van der Waals surface area (Å²) >= 11 is 0. The number of rotatable bonds is 7. The molecule has 1 heterocycles. The van der Waals surface area contributed by atoms with E-state index in [2.05, 4.69) is 22.6 Å². The molecule has 0 radical (unpaired) electrons. The summed E-state index contributed by atoms with van der Waals surface area (Å²) in [5.41, 5.74) is 2.62. The van der Waals surface area contributed by atoms with Crippen LogP contribution in [0.5, 0.6) is 0 Å². The summed E-state index contributed by atoms with van der Waals surface area (Å²) in [5, 5.41) is 3.42. The van der Waals surface area contributed by atoms with E-state index in [1.165, 1.54) is 0 Å². The molecule has 0 aromatic heterocycles. The molecule has 1 aliphatic carbocycles. The molecule has 0 atom stereocenters. The molecule has 4 amide bonds. The van der Waals surface area contributed by atoms with Crippen LogP contribution in [0.1, 0.15) is 56.8 Å². The van der Waals surface area contributed by atoms with E-state index in [0.717, 1.165) is 31.6 Å². The van der Waals surface area contributed by atoms with E-state index in [4.69, 9.17) is 4.74 Å². The Morgan fingerprint density at radius 2 is 1.77 bits per heavy atom. The average Bonchev–Trinajstić information content (AvgIpc) is 2.99. The minimum Gasteiger partial charge on any atom is -0.452 e. The molecule has 1 saturated heterocycles. The van der Waals surface area contributed by atoms with Gasteiger partial charge in [-0.2, -0.15) is 5.01 Å². The zero-order chi connectivity index (χ0) is 22.6. The van der Waals surface area contributed by atoms with Crippen LogP contribution in [-0.2, 0) is 14.3 Å². The summed E-state index contributed by atoms with van der Waals surface area (Å²) in [4.78, 5) is 51.6. The number of amides is 4. The van der Waals surface area contributed by atoms with Gasteiger partial charge in [-0.1, -0.05) is 6.92 Å². The van der Waals surface area contributed by atoms with Gasteiger partial charge < -0.3 is 15.0 Å². The fourth-order valence-corrected chi connectivity index (χ4v) is 4.08. The molecule has 2 aliphatic rings. The molecule has 2 N–H and O–H groups in total. The molecule has 2 fully saturated rings. The molecule has 1 saturated carbocycles. The number of anilines is 1. The van der Waals surface area contributed by atoms with Crippen molar-refractivity contribution >= 4 is 29.5 Å². The molecule has 3 rings (SSSR count). The first kappa shape index (κ1) is 22.6. The highest BCUT2D eigenvalue weighted by molar-refractivity contribution is 6.08. The van der Waals surface area contributed by atoms with E-state index in [1.54, 1.807) is 12.1 Å². The standard InChI is InChI=1S/C22H30N4O5/c1-4-25(5-2)17-8-6-16(7-9-17)19(28)31-14-18(27)24-26-20(29)22(23-21(26)30)12-10-15(3)11-13-22/h6-9,15H,4-5,10-14H2,1-3H3,(H,23,30)(H,24,27). The van der Waals surface area contributed by atoms with Gasteiger partial charge in [0.1, 0.15) is 5.54 Å². The number of nitrogens with one attached hydrogen (secondary N) is 2. The third kappa shape index (κ3) is 4.81. The Labute approximate surface area is 182 Å². The molecular formula is C22H30N4O5. The Morgan fingerprint density at radius 1 is 1.16 bits per heavy atom. The summed E-state index contributed by atoms with van der Waals surface area (Å²) in [5.74, 6) is -1.37. The van der Waals surface area contributed by atoms with Crippen LogP contribution < -0.4 is 15.6 Å². The molecule has 168 valence electrons. The Morgan fingerprint density at radius 3 is 2.35 bits per heavy atom. The van der Waals surface area contributed by atoms with E-state index < -0.39 is 36.0 Å². The van der Waals surface area contributed by atoms with Crippen molar-refractivity contribution in [3.63, 3.8) is 0 Å². The van der Waals surface area contributed by atoms with Crippen molar-refractivity contribution in [2.75, 3.05) is 24.6 Å². The van der Waals surface area contributed by atoms with Crippen LogP contribution in [0, 0.1) is 5.92 Å². The van der Waals surface area contributed by atoms with E-state index in [-0.39, 0.29) is 0 Å². The van der Waals surface area contributed by atoms with E-state index >= 15 is 0 Å². The number of hydrazine groups is 1. The predicted molar refractivity (Wildman–Crippen MR) is 114 cm³/mol. The topological polar surface area (TPSA) is 108 Å². The second kappa shape index (κ2) is 9.36. The van der Waals surface area contributed by atoms with E-state index in [0.29, 0.717) is 29.3 Å². The number of carbonyl (C=O) groups is 4. The fraction of sp³-hybridized carbons (Fsp3) is 0.545. The number of esters is 1. The van der Waals surface area contributed by atoms with Crippen molar-refractivity contribution in [2.24, 2.45) is 5.92 Å². The quantitative estimate of drug-likeness (QED) is 0.507. The summed E-state index contributed by atoms with van der Waals surface area (Å²) < 4.78 is 5.04. The minimum atomic E-state index is -0.944. The maximum Gasteiger partial charge on any atom is 0.344 e. The Hall–Kier alpha value is -3.10. The Kier molecular flexibility index (Phi) is 6.82. The molecule has 1 aromatic rings. The third-order valence-corrected chi connectivity index (χ3v) is 6.09. The van der Waals surface area contributed by atoms with Crippen molar-refractivity contribution in [2.45, 2.75) is 52.0 Å². The summed E-state index contributed by atoms with van der Waals surface area (Å²) in [6, 6.07) is 6.26. The van der Waals surface area contributed by atoms with Gasteiger partial charge in [-0.25, -0.2) is 9.59 Å². The smallest absolute Gasteiger partial charge is 0.344 e. The number of ether oxygens (including phenoxy) is 1. The predicted octanol–water partition coefficient (Wildman–Crippen LogP) is 2.22. The first-order valence-electron chi connectivity index (χ1n) is 10.8. The van der Waals surface area contributed by atoms with Crippen molar-refractivity contribution in [3.05, 3.63) is 29.8 Å². The van der Waals surface area contributed by atoms with Gasteiger partial charge in [-0.3, -0.25) is 15.0 Å². The zero-order valence-corrected chi connectivity index (χ0v) is 18.3. The van der Waals surface area contributed by atoms with Gasteiger partial charge >= 0.3 is 12.0 Å². The second-order valence-electron chi connectivity index (χ2n) is 8.17. The molecule has 0 unspecified atom stereocenters. The lowest BCUT2D eigenvalue weighted by molar-refractivity contribution is -0.141. The maximum absolute atomic E-state index is 12.7. The van der Waals surface area contributed by atoms with Crippen molar-refractivity contribution < 1.29 is 23.9 Å². The van der Waals surface area contributed by atoms with Gasteiger partial charge in [0.2, 0.25) is 0 Å². The van der Waals surface area contributed by atoms with Crippen LogP contribution in [-0.4, -0.2) is 54.1 Å². The van der Waals surface area contributed by atoms with Crippen molar-refractivity contribution in [1.82, 2.24) is 15.8 Å². The fourth-order valence-electron chi connectivity index (χ4n) is 4.08. The Bertz CT molecular complexity index is 842. The Balaban J connectivity index is 1.52. The summed E-state index contributed by atoms with van der Waals surface area (Å²) in [6.45, 7) is 7.31. The maximum atomic E-state index is 12.7. The number of urea groups is 1. The van der Waals surface area contributed by atoms with Crippen LogP contribution in [0.3, 0.4) is 0 Å². The van der Waals surface area contributed by atoms with Crippen LogP contribution in [0.25, 0.3) is 0 Å². The number of imide groups is 1. The highest BCUT2D eigenvalue weighted by atomic mass is 16.5. The largest absolute Gasteiger partial charge is 0.452 e. The lowest BCUT2D eigenvalue weighted by atomic mass is 9.77. The third-order valence-electron chi connectivity index (χ3n) is 6.09. The zero-order valence-electron chi connectivity index (χ0n) is 18.3. The first-order chi connectivity index (χ1) is 14.8. The SMILES string of the molecule is CCN(CC)c1ccc(C(=O)OCC(=O)NN2C(=O)NC3(CCC(C)CC3)C2=O)cc1. The van der Waals surface area contributed by atoms with Gasteiger partial charge in [-0.15, -0.1) is 0 Å². The molecule has 9 heteroatoms. The lowest BCUT2D eigenvalue weighted by Gasteiger charge is -2.33. The van der Waals surface area contributed by atoms with Crippen molar-refractivity contribution in [1.29, 1.82) is 0 Å². The lowest BCUT2D eigenvalue weighted by Crippen LogP contribution is -2.52. The molecule has 1 aliphatic heterocycles. The monoisotopic (exact) mass is 430 g/mol. The number of hydrogen-bond acceptors (Lipinski definition) is 6. The van der Waals surface area contributed by atoms with E-state index in [1.807, 2.05) is 26.0 Å².